The number of carboxylic acid groups (broad SMARTS) is 1. The minimum atomic E-state index is -1.47. The molecule has 5 N–H and O–H groups in total. The first-order valence-electron chi connectivity index (χ1n) is 10.8. The standard InChI is InChI=1S/C22H20N8O5S2/c1-35-28-15(11-3-2-4-14(23)25-11)18(31)27-16-19(32)30-17(21(33)34)10(9-36-20(16)30)7-29-6-5-13-12(8-29)26-22(24)37-13/h2-6,8,16,20H,7,9H2,1H3,(H5-,23,24,25,26,27,31,33,34)/t16?,20-/m0/s1. The van der Waals surface area contributed by atoms with Crippen LogP contribution in [0, 0.1) is 0 Å². The summed E-state index contributed by atoms with van der Waals surface area (Å²) in [6.07, 6.45) is 3.55. The van der Waals surface area contributed by atoms with E-state index in [1.165, 1.54) is 36.3 Å². The number of aliphatic carboxylic acids is 1. The number of carboxylic acids is 1. The van der Waals surface area contributed by atoms with Crippen LogP contribution in [-0.4, -0.2) is 62.6 Å². The fourth-order valence-electron chi connectivity index (χ4n) is 4.14. The Kier molecular flexibility index (Phi) is 6.39. The van der Waals surface area contributed by atoms with Crippen molar-refractivity contribution >= 4 is 67.8 Å². The summed E-state index contributed by atoms with van der Waals surface area (Å²) in [7, 11) is 1.27. The van der Waals surface area contributed by atoms with E-state index in [9.17, 15) is 19.5 Å². The average Bonchev–Trinajstić information content (AvgIpc) is 3.24. The number of β-lactam (4-membered cyclic amide) rings is 1. The fourth-order valence-corrected chi connectivity index (χ4v) is 6.17. The van der Waals surface area contributed by atoms with Gasteiger partial charge in [-0.1, -0.05) is 22.6 Å². The van der Waals surface area contributed by atoms with Crippen LogP contribution in [0.2, 0.25) is 0 Å². The molecule has 190 valence electrons. The lowest BCUT2D eigenvalue weighted by molar-refractivity contribution is -0.687. The highest BCUT2D eigenvalue weighted by atomic mass is 32.2. The molecule has 13 nitrogen and oxygen atoms in total. The molecule has 0 bridgehead atoms. The van der Waals surface area contributed by atoms with Crippen molar-refractivity contribution in [3.63, 3.8) is 0 Å². The summed E-state index contributed by atoms with van der Waals surface area (Å²) >= 11 is 2.69. The molecule has 3 aromatic heterocycles. The van der Waals surface area contributed by atoms with Gasteiger partial charge >= 0.3 is 0 Å². The van der Waals surface area contributed by atoms with Crippen molar-refractivity contribution in [2.75, 3.05) is 24.3 Å². The van der Waals surface area contributed by atoms with E-state index in [-0.39, 0.29) is 29.5 Å². The van der Waals surface area contributed by atoms with Crippen LogP contribution in [0.3, 0.4) is 0 Å². The third-order valence-corrected chi connectivity index (χ3v) is 7.92. The number of hydrogen-bond acceptors (Lipinski definition) is 12. The molecule has 0 saturated carbocycles. The SMILES string of the molecule is CON=C(C(=O)NC1C(=O)N2C(C(=O)[O-])=C(C[n+]3ccc4sc(N)nc4c3)CS[C@@H]12)c1cccc(N)n1. The number of amides is 2. The molecule has 5 heterocycles. The van der Waals surface area contributed by atoms with E-state index in [1.807, 2.05) is 6.07 Å². The van der Waals surface area contributed by atoms with Gasteiger partial charge in [-0.15, -0.1) is 11.8 Å². The summed E-state index contributed by atoms with van der Waals surface area (Å²) in [4.78, 5) is 52.3. The molecule has 0 spiro atoms. The number of aromatic nitrogens is 3. The number of nitrogens with one attached hydrogen (secondary N) is 1. The summed E-state index contributed by atoms with van der Waals surface area (Å²) in [6.45, 7) is 0.211. The summed E-state index contributed by atoms with van der Waals surface area (Å²) in [5, 5.41) is 18.2. The van der Waals surface area contributed by atoms with Crippen molar-refractivity contribution in [1.29, 1.82) is 0 Å². The average molecular weight is 541 g/mol. The summed E-state index contributed by atoms with van der Waals surface area (Å²) in [5.41, 5.74) is 12.4. The van der Waals surface area contributed by atoms with Gasteiger partial charge in [0.1, 0.15) is 35.6 Å². The molecule has 2 atom stereocenters. The number of nitrogens with two attached hydrogens (primary N) is 2. The first-order valence-corrected chi connectivity index (χ1v) is 12.7. The van der Waals surface area contributed by atoms with Crippen LogP contribution in [0.1, 0.15) is 5.69 Å². The maximum absolute atomic E-state index is 13.0. The zero-order valence-electron chi connectivity index (χ0n) is 19.3. The predicted octanol–water partition coefficient (Wildman–Crippen LogP) is -1.40. The van der Waals surface area contributed by atoms with E-state index in [1.54, 1.807) is 29.1 Å². The molecular weight excluding hydrogens is 520 g/mol. The Morgan fingerprint density at radius 3 is 2.86 bits per heavy atom. The molecule has 2 aliphatic heterocycles. The number of nitrogens with zero attached hydrogens (tertiary/aromatic N) is 5. The molecule has 2 aliphatic rings. The van der Waals surface area contributed by atoms with Gasteiger partial charge in [0.05, 0.1) is 16.4 Å². The number of carbonyl (C=O) groups excluding carboxylic acids is 3. The van der Waals surface area contributed by atoms with Gasteiger partial charge in [0.2, 0.25) is 0 Å². The first-order chi connectivity index (χ1) is 17.8. The van der Waals surface area contributed by atoms with Crippen molar-refractivity contribution < 1.29 is 28.9 Å². The quantitative estimate of drug-likeness (QED) is 0.139. The number of fused-ring (bicyclic) bond motifs is 2. The van der Waals surface area contributed by atoms with E-state index < -0.39 is 29.2 Å². The molecule has 0 radical (unpaired) electrons. The highest BCUT2D eigenvalue weighted by molar-refractivity contribution is 8.00. The van der Waals surface area contributed by atoms with Crippen LogP contribution >= 0.6 is 23.1 Å². The Balaban J connectivity index is 1.36. The monoisotopic (exact) mass is 540 g/mol. The van der Waals surface area contributed by atoms with E-state index in [4.69, 9.17) is 16.3 Å². The normalized spacial score (nSPS) is 19.4. The van der Waals surface area contributed by atoms with E-state index in [0.717, 1.165) is 9.60 Å². The molecule has 0 aromatic carbocycles. The van der Waals surface area contributed by atoms with Crippen molar-refractivity contribution in [3.05, 3.63) is 53.6 Å². The maximum atomic E-state index is 13.0. The highest BCUT2D eigenvalue weighted by Crippen LogP contribution is 2.40. The van der Waals surface area contributed by atoms with E-state index >= 15 is 0 Å². The Hall–Kier alpha value is -4.24. The molecule has 2 amide bonds. The Morgan fingerprint density at radius 1 is 1.32 bits per heavy atom. The molecule has 1 saturated heterocycles. The second-order valence-electron chi connectivity index (χ2n) is 8.09. The lowest BCUT2D eigenvalue weighted by atomic mass is 10.0. The minimum absolute atomic E-state index is 0.160. The Morgan fingerprint density at radius 2 is 2.14 bits per heavy atom. The van der Waals surface area contributed by atoms with Gasteiger partial charge < -0.3 is 31.5 Å². The number of anilines is 2. The number of carbonyl (C=O) groups is 3. The smallest absolute Gasteiger partial charge is 0.276 e. The van der Waals surface area contributed by atoms with Gasteiger partial charge in [-0.3, -0.25) is 14.5 Å². The summed E-state index contributed by atoms with van der Waals surface area (Å²) < 4.78 is 2.68. The number of hydrogen-bond donors (Lipinski definition) is 3. The van der Waals surface area contributed by atoms with Gasteiger partial charge in [0, 0.05) is 17.4 Å². The zero-order chi connectivity index (χ0) is 26.3. The second-order valence-corrected chi connectivity index (χ2v) is 10.3. The van der Waals surface area contributed by atoms with Gasteiger partial charge in [0.15, 0.2) is 29.8 Å². The molecule has 37 heavy (non-hydrogen) atoms. The highest BCUT2D eigenvalue weighted by Gasteiger charge is 2.53. The van der Waals surface area contributed by atoms with Crippen molar-refractivity contribution in [3.8, 4) is 0 Å². The number of thioether (sulfide) groups is 1. The van der Waals surface area contributed by atoms with Crippen LogP contribution in [0.15, 0.2) is 53.1 Å². The molecule has 1 fully saturated rings. The summed E-state index contributed by atoms with van der Waals surface area (Å²) in [6, 6.07) is 5.54. The van der Waals surface area contributed by atoms with Crippen molar-refractivity contribution in [1.82, 2.24) is 20.2 Å². The van der Waals surface area contributed by atoms with E-state index in [2.05, 4.69) is 20.4 Å². The van der Waals surface area contributed by atoms with Crippen molar-refractivity contribution in [2.45, 2.75) is 18.0 Å². The lowest BCUT2D eigenvalue weighted by Gasteiger charge is -2.50. The molecule has 5 rings (SSSR count). The van der Waals surface area contributed by atoms with Crippen LogP contribution < -0.4 is 26.5 Å². The van der Waals surface area contributed by atoms with Crippen LogP contribution in [-0.2, 0) is 25.8 Å². The Bertz CT molecular complexity index is 1500. The number of rotatable bonds is 7. The van der Waals surface area contributed by atoms with Crippen LogP contribution in [0.5, 0.6) is 0 Å². The minimum Gasteiger partial charge on any atom is -0.543 e. The first kappa shape index (κ1) is 24.5. The van der Waals surface area contributed by atoms with Gasteiger partial charge in [0.25, 0.3) is 11.8 Å². The van der Waals surface area contributed by atoms with Crippen LogP contribution in [0.4, 0.5) is 10.9 Å². The third-order valence-electron chi connectivity index (χ3n) is 5.71. The summed E-state index contributed by atoms with van der Waals surface area (Å²) in [5.74, 6) is -2.27. The number of thiazole rings is 1. The number of pyridine rings is 2. The van der Waals surface area contributed by atoms with Gasteiger partial charge in [-0.2, -0.15) is 4.57 Å². The van der Waals surface area contributed by atoms with E-state index in [0.29, 0.717) is 22.0 Å². The molecule has 0 aliphatic carbocycles. The lowest BCUT2D eigenvalue weighted by Crippen LogP contribution is -2.71. The number of oxime groups is 1. The van der Waals surface area contributed by atoms with Crippen molar-refractivity contribution in [2.24, 2.45) is 5.16 Å². The Labute approximate surface area is 217 Å². The van der Waals surface area contributed by atoms with Gasteiger partial charge in [-0.25, -0.2) is 9.97 Å². The molecule has 1 unspecified atom stereocenters. The maximum Gasteiger partial charge on any atom is 0.276 e. The molecule has 3 aromatic rings. The second kappa shape index (κ2) is 9.67. The van der Waals surface area contributed by atoms with Crippen LogP contribution in [0.25, 0.3) is 10.2 Å². The number of nitrogen functional groups attached to an aromatic ring is 2. The zero-order valence-corrected chi connectivity index (χ0v) is 20.9. The molecular formula is C22H20N8O5S2. The molecule has 15 heteroatoms. The predicted molar refractivity (Wildman–Crippen MR) is 133 cm³/mol. The fraction of sp³-hybridized carbons (Fsp3) is 0.227. The third kappa shape index (κ3) is 4.53. The largest absolute Gasteiger partial charge is 0.543 e. The topological polar surface area (TPSA) is 193 Å². The van der Waals surface area contributed by atoms with Gasteiger partial charge in [-0.05, 0) is 12.1 Å².